The van der Waals surface area contributed by atoms with Crippen LogP contribution in [-0.4, -0.2) is 29.1 Å². The van der Waals surface area contributed by atoms with Gasteiger partial charge in [-0.25, -0.2) is 0 Å². The molecule has 4 rings (SSSR count). The van der Waals surface area contributed by atoms with E-state index in [1.165, 1.54) is 10.9 Å². The first-order valence-corrected chi connectivity index (χ1v) is 10.3. The number of methoxy groups -OCH3 is 1. The molecule has 0 saturated heterocycles. The number of nitrogens with zero attached hydrogens (tertiary/aromatic N) is 1. The van der Waals surface area contributed by atoms with Gasteiger partial charge in [-0.3, -0.25) is 4.79 Å². The highest BCUT2D eigenvalue weighted by Gasteiger charge is 2.19. The number of rotatable bonds is 9. The van der Waals surface area contributed by atoms with Crippen molar-refractivity contribution in [2.75, 3.05) is 13.7 Å². The van der Waals surface area contributed by atoms with Crippen molar-refractivity contribution in [3.63, 3.8) is 0 Å². The first-order valence-electron chi connectivity index (χ1n) is 10.3. The molecule has 1 atom stereocenters. The second-order valence-corrected chi connectivity index (χ2v) is 7.44. The summed E-state index contributed by atoms with van der Waals surface area (Å²) in [5.74, 6) is 0.964. The standard InChI is InChI=1S/C25H27N3O2/c1-30-20-12-10-19(11-13-20)22(23-18-26-24-8-3-2-7-21(23)24)17-27-25(29)9-6-16-28-14-4-5-15-28/h2-5,7-8,10-15,18,22,26H,6,9,16-17H2,1H3,(H,27,29)/t22-/m1/s1. The van der Waals surface area contributed by atoms with Gasteiger partial charge in [0.2, 0.25) is 5.91 Å². The minimum atomic E-state index is 0.0560. The zero-order chi connectivity index (χ0) is 20.8. The summed E-state index contributed by atoms with van der Waals surface area (Å²) in [5, 5.41) is 4.33. The molecule has 0 aliphatic carbocycles. The molecule has 154 valence electrons. The maximum absolute atomic E-state index is 12.5. The second-order valence-electron chi connectivity index (χ2n) is 7.44. The summed E-state index contributed by atoms with van der Waals surface area (Å²) in [6.07, 6.45) is 7.43. The molecular formula is C25H27N3O2. The lowest BCUT2D eigenvalue weighted by Crippen LogP contribution is -2.28. The highest BCUT2D eigenvalue weighted by atomic mass is 16.5. The van der Waals surface area contributed by atoms with Crippen LogP contribution in [0.4, 0.5) is 0 Å². The maximum atomic E-state index is 12.5. The molecule has 0 saturated carbocycles. The SMILES string of the molecule is COc1ccc([C@@H](CNC(=O)CCCn2cccc2)c2c[nH]c3ccccc23)cc1. The average molecular weight is 402 g/mol. The number of aryl methyl sites for hydroxylation is 1. The van der Waals surface area contributed by atoms with Crippen molar-refractivity contribution < 1.29 is 9.53 Å². The molecule has 0 aliphatic rings. The molecule has 0 bridgehead atoms. The molecule has 0 aliphatic heterocycles. The highest BCUT2D eigenvalue weighted by Crippen LogP contribution is 2.31. The van der Waals surface area contributed by atoms with Gasteiger partial charge in [0.25, 0.3) is 0 Å². The molecule has 1 amide bonds. The molecule has 2 heterocycles. The molecule has 2 aromatic heterocycles. The summed E-state index contributed by atoms with van der Waals surface area (Å²) in [7, 11) is 1.67. The monoisotopic (exact) mass is 401 g/mol. The van der Waals surface area contributed by atoms with Crippen molar-refractivity contribution >= 4 is 16.8 Å². The van der Waals surface area contributed by atoms with E-state index in [0.717, 1.165) is 29.8 Å². The van der Waals surface area contributed by atoms with Crippen LogP contribution in [0.1, 0.15) is 29.9 Å². The van der Waals surface area contributed by atoms with Gasteiger partial charge in [0.15, 0.2) is 0 Å². The lowest BCUT2D eigenvalue weighted by Gasteiger charge is -2.19. The van der Waals surface area contributed by atoms with Gasteiger partial charge in [-0.15, -0.1) is 0 Å². The van der Waals surface area contributed by atoms with Gasteiger partial charge < -0.3 is 19.6 Å². The van der Waals surface area contributed by atoms with E-state index in [0.29, 0.717) is 13.0 Å². The van der Waals surface area contributed by atoms with Gasteiger partial charge >= 0.3 is 0 Å². The van der Waals surface area contributed by atoms with Crippen molar-refractivity contribution in [2.45, 2.75) is 25.3 Å². The normalized spacial score (nSPS) is 12.0. The zero-order valence-corrected chi connectivity index (χ0v) is 17.2. The Morgan fingerprint density at radius 1 is 1.07 bits per heavy atom. The quantitative estimate of drug-likeness (QED) is 0.427. The third-order valence-corrected chi connectivity index (χ3v) is 5.50. The van der Waals surface area contributed by atoms with Crippen LogP contribution in [0.15, 0.2) is 79.3 Å². The number of carbonyl (C=O) groups is 1. The zero-order valence-electron chi connectivity index (χ0n) is 17.2. The van der Waals surface area contributed by atoms with Gasteiger partial charge in [-0.2, -0.15) is 0 Å². The predicted octanol–water partition coefficient (Wildman–Crippen LogP) is 4.71. The number of fused-ring (bicyclic) bond motifs is 1. The van der Waals surface area contributed by atoms with Crippen LogP contribution >= 0.6 is 0 Å². The summed E-state index contributed by atoms with van der Waals surface area (Å²) in [6, 6.07) is 20.4. The molecular weight excluding hydrogens is 374 g/mol. The number of hydrogen-bond donors (Lipinski definition) is 2. The lowest BCUT2D eigenvalue weighted by molar-refractivity contribution is -0.121. The number of aromatic nitrogens is 2. The first kappa shape index (κ1) is 19.8. The molecule has 30 heavy (non-hydrogen) atoms. The smallest absolute Gasteiger partial charge is 0.220 e. The molecule has 2 N–H and O–H groups in total. The summed E-state index contributed by atoms with van der Waals surface area (Å²) in [6.45, 7) is 1.40. The van der Waals surface area contributed by atoms with Crippen molar-refractivity contribution in [1.29, 1.82) is 0 Å². The Labute approximate surface area is 176 Å². The fraction of sp³-hybridized carbons (Fsp3) is 0.240. The van der Waals surface area contributed by atoms with Crippen LogP contribution in [0.5, 0.6) is 5.75 Å². The molecule has 5 nitrogen and oxygen atoms in total. The molecule has 0 fully saturated rings. The molecule has 0 unspecified atom stereocenters. The molecule has 4 aromatic rings. The Balaban J connectivity index is 1.48. The van der Waals surface area contributed by atoms with E-state index in [4.69, 9.17) is 4.74 Å². The number of para-hydroxylation sites is 1. The Morgan fingerprint density at radius 3 is 2.60 bits per heavy atom. The topological polar surface area (TPSA) is 59.0 Å². The molecule has 0 radical (unpaired) electrons. The molecule has 2 aromatic carbocycles. The summed E-state index contributed by atoms with van der Waals surface area (Å²) in [5.41, 5.74) is 3.43. The van der Waals surface area contributed by atoms with Crippen molar-refractivity contribution in [3.05, 3.63) is 90.4 Å². The summed E-state index contributed by atoms with van der Waals surface area (Å²) < 4.78 is 7.40. The van der Waals surface area contributed by atoms with Crippen LogP contribution < -0.4 is 10.1 Å². The minimum Gasteiger partial charge on any atom is -0.497 e. The van der Waals surface area contributed by atoms with E-state index in [1.807, 2.05) is 48.8 Å². The maximum Gasteiger partial charge on any atom is 0.220 e. The Hall–Kier alpha value is -3.47. The van der Waals surface area contributed by atoms with Gasteiger partial charge in [-0.1, -0.05) is 30.3 Å². The number of nitrogens with one attached hydrogen (secondary N) is 2. The van der Waals surface area contributed by atoms with Crippen LogP contribution in [0, 0.1) is 0 Å². The largest absolute Gasteiger partial charge is 0.497 e. The lowest BCUT2D eigenvalue weighted by atomic mass is 9.90. The number of hydrogen-bond acceptors (Lipinski definition) is 2. The van der Waals surface area contributed by atoms with Gasteiger partial charge in [0.05, 0.1) is 7.11 Å². The predicted molar refractivity (Wildman–Crippen MR) is 120 cm³/mol. The number of H-pyrrole nitrogens is 1. The Morgan fingerprint density at radius 2 is 1.83 bits per heavy atom. The Kier molecular flexibility index (Phi) is 6.18. The summed E-state index contributed by atoms with van der Waals surface area (Å²) in [4.78, 5) is 15.9. The molecule has 5 heteroatoms. The van der Waals surface area contributed by atoms with E-state index < -0.39 is 0 Å². The highest BCUT2D eigenvalue weighted by molar-refractivity contribution is 5.84. The first-order chi connectivity index (χ1) is 14.7. The number of ether oxygens (including phenoxy) is 1. The second kappa shape index (κ2) is 9.35. The molecule has 0 spiro atoms. The van der Waals surface area contributed by atoms with E-state index >= 15 is 0 Å². The van der Waals surface area contributed by atoms with E-state index in [9.17, 15) is 4.79 Å². The van der Waals surface area contributed by atoms with Crippen molar-refractivity contribution in [2.24, 2.45) is 0 Å². The van der Waals surface area contributed by atoms with Gasteiger partial charge in [0.1, 0.15) is 5.75 Å². The third kappa shape index (κ3) is 4.57. The number of carbonyl (C=O) groups excluding carboxylic acids is 1. The van der Waals surface area contributed by atoms with Crippen LogP contribution in [-0.2, 0) is 11.3 Å². The van der Waals surface area contributed by atoms with Gasteiger partial charge in [-0.05, 0) is 47.9 Å². The Bertz CT molecular complexity index is 1080. The van der Waals surface area contributed by atoms with Gasteiger partial charge in [0, 0.05) is 54.9 Å². The van der Waals surface area contributed by atoms with Crippen LogP contribution in [0.2, 0.25) is 0 Å². The third-order valence-electron chi connectivity index (χ3n) is 5.50. The van der Waals surface area contributed by atoms with Crippen molar-refractivity contribution in [1.82, 2.24) is 14.9 Å². The van der Waals surface area contributed by atoms with E-state index in [-0.39, 0.29) is 11.8 Å². The van der Waals surface area contributed by atoms with Crippen LogP contribution in [0.3, 0.4) is 0 Å². The van der Waals surface area contributed by atoms with Crippen LogP contribution in [0.25, 0.3) is 10.9 Å². The van der Waals surface area contributed by atoms with E-state index in [2.05, 4.69) is 45.3 Å². The fourth-order valence-electron chi connectivity index (χ4n) is 3.87. The fourth-order valence-corrected chi connectivity index (χ4v) is 3.87. The number of aromatic amines is 1. The van der Waals surface area contributed by atoms with E-state index in [1.54, 1.807) is 7.11 Å². The summed E-state index contributed by atoms with van der Waals surface area (Å²) >= 11 is 0. The number of benzene rings is 2. The average Bonchev–Trinajstić information content (AvgIpc) is 3.45. The number of amides is 1. The minimum absolute atomic E-state index is 0.0560. The van der Waals surface area contributed by atoms with Crippen molar-refractivity contribution in [3.8, 4) is 5.75 Å².